The molecular formula is C17H32N3O2+. The number of urea groups is 1. The number of amides is 3. The van der Waals surface area contributed by atoms with Crippen molar-refractivity contribution in [1.82, 2.24) is 10.6 Å². The second-order valence-corrected chi connectivity index (χ2v) is 7.20. The monoisotopic (exact) mass is 310 g/mol. The van der Waals surface area contributed by atoms with Crippen molar-refractivity contribution in [2.45, 2.75) is 89.8 Å². The highest BCUT2D eigenvalue weighted by atomic mass is 16.2. The van der Waals surface area contributed by atoms with Crippen LogP contribution in [-0.2, 0) is 4.79 Å². The van der Waals surface area contributed by atoms with E-state index in [1.165, 1.54) is 44.9 Å². The Hall–Kier alpha value is -1.10. The molecular weight excluding hydrogens is 278 g/mol. The van der Waals surface area contributed by atoms with Crippen LogP contribution in [0.25, 0.3) is 0 Å². The first-order valence-electron chi connectivity index (χ1n) is 9.02. The molecule has 5 nitrogen and oxygen atoms in total. The minimum Gasteiger partial charge on any atom is -0.335 e. The van der Waals surface area contributed by atoms with Crippen LogP contribution in [0, 0.1) is 5.92 Å². The third-order valence-electron chi connectivity index (χ3n) is 5.30. The molecule has 0 aromatic heterocycles. The topological polar surface area (TPSA) is 74.8 Å². The van der Waals surface area contributed by atoms with Crippen LogP contribution in [0.3, 0.4) is 0 Å². The van der Waals surface area contributed by atoms with Crippen LogP contribution in [-0.4, -0.2) is 30.1 Å². The van der Waals surface area contributed by atoms with Crippen LogP contribution in [0.4, 0.5) is 4.79 Å². The van der Waals surface area contributed by atoms with E-state index in [-0.39, 0.29) is 24.0 Å². The van der Waals surface area contributed by atoms with Crippen LogP contribution in [0.1, 0.15) is 71.6 Å². The molecule has 2 fully saturated rings. The van der Waals surface area contributed by atoms with E-state index >= 15 is 0 Å². The Bertz CT molecular complexity index is 380. The van der Waals surface area contributed by atoms with Gasteiger partial charge in [0.05, 0.1) is 6.04 Å². The van der Waals surface area contributed by atoms with Crippen molar-refractivity contribution in [3.05, 3.63) is 0 Å². The minimum absolute atomic E-state index is 0.175. The fraction of sp³-hybridized carbons (Fsp3) is 0.882. The third-order valence-corrected chi connectivity index (χ3v) is 5.30. The molecule has 0 aromatic rings. The fourth-order valence-corrected chi connectivity index (χ4v) is 3.78. The van der Waals surface area contributed by atoms with E-state index in [2.05, 4.69) is 22.9 Å². The number of carbonyl (C=O) groups excluding carboxylic acids is 2. The van der Waals surface area contributed by atoms with Gasteiger partial charge in [0.15, 0.2) is 6.04 Å². The predicted octanol–water partition coefficient (Wildman–Crippen LogP) is 1.68. The van der Waals surface area contributed by atoms with E-state index in [9.17, 15) is 9.59 Å². The number of nitrogens with one attached hydrogen (secondary N) is 2. The molecule has 0 spiro atoms. The largest absolute Gasteiger partial charge is 0.335 e. The minimum atomic E-state index is -0.325. The molecule has 0 bridgehead atoms. The molecule has 0 radical (unpaired) electrons. The fourth-order valence-electron chi connectivity index (χ4n) is 3.78. The summed E-state index contributed by atoms with van der Waals surface area (Å²) in [5.74, 6) is 0.478. The van der Waals surface area contributed by atoms with Gasteiger partial charge in [-0.3, -0.25) is 10.1 Å². The number of carbonyl (C=O) groups is 2. The smallest absolute Gasteiger partial charge is 0.321 e. The summed E-state index contributed by atoms with van der Waals surface area (Å²) in [6.45, 7) is 4.16. The lowest BCUT2D eigenvalue weighted by Gasteiger charge is -2.28. The second kappa shape index (κ2) is 8.51. The average molecular weight is 310 g/mol. The molecule has 5 heteroatoms. The molecule has 126 valence electrons. The SMILES string of the molecule is C[C@H]([NH2+][C@H]1CCCC[C@@H]1C)C(=O)NC(=O)NC1CCCCC1. The van der Waals surface area contributed by atoms with Crippen molar-refractivity contribution in [1.29, 1.82) is 0 Å². The Kier molecular flexibility index (Phi) is 6.68. The maximum atomic E-state index is 12.2. The number of imide groups is 1. The molecule has 3 amide bonds. The maximum Gasteiger partial charge on any atom is 0.321 e. The van der Waals surface area contributed by atoms with Crippen molar-refractivity contribution in [3.8, 4) is 0 Å². The molecule has 2 aliphatic rings. The Labute approximate surface area is 134 Å². The molecule has 2 rings (SSSR count). The second-order valence-electron chi connectivity index (χ2n) is 7.20. The van der Waals surface area contributed by atoms with E-state index in [1.807, 2.05) is 6.92 Å². The molecule has 0 aromatic carbocycles. The highest BCUT2D eigenvalue weighted by Crippen LogP contribution is 2.21. The van der Waals surface area contributed by atoms with Crippen molar-refractivity contribution in [3.63, 3.8) is 0 Å². The predicted molar refractivity (Wildman–Crippen MR) is 86.4 cm³/mol. The van der Waals surface area contributed by atoms with Crippen LogP contribution in [0.15, 0.2) is 0 Å². The normalized spacial score (nSPS) is 27.9. The maximum absolute atomic E-state index is 12.2. The van der Waals surface area contributed by atoms with Gasteiger partial charge < -0.3 is 10.6 Å². The van der Waals surface area contributed by atoms with E-state index < -0.39 is 0 Å². The van der Waals surface area contributed by atoms with E-state index in [0.717, 1.165) is 12.8 Å². The zero-order valence-electron chi connectivity index (χ0n) is 14.1. The first kappa shape index (κ1) is 17.3. The summed E-state index contributed by atoms with van der Waals surface area (Å²) in [7, 11) is 0. The quantitative estimate of drug-likeness (QED) is 0.739. The van der Waals surface area contributed by atoms with Gasteiger partial charge >= 0.3 is 6.03 Å². The van der Waals surface area contributed by atoms with E-state index in [4.69, 9.17) is 0 Å². The van der Waals surface area contributed by atoms with Gasteiger partial charge in [-0.1, -0.05) is 32.6 Å². The standard InChI is InChI=1S/C17H31N3O2/c1-12-8-6-7-11-15(12)18-13(2)16(21)20-17(22)19-14-9-4-3-5-10-14/h12-15,18H,3-11H2,1-2H3,(H2,19,20,21,22)/p+1/t12-,13-,15-/m0/s1. The number of hydrogen-bond acceptors (Lipinski definition) is 2. The zero-order valence-corrected chi connectivity index (χ0v) is 14.1. The number of quaternary nitrogens is 1. The van der Waals surface area contributed by atoms with Crippen LogP contribution >= 0.6 is 0 Å². The summed E-state index contributed by atoms with van der Waals surface area (Å²) in [4.78, 5) is 24.1. The average Bonchev–Trinajstić information content (AvgIpc) is 2.50. The number of rotatable bonds is 4. The molecule has 2 saturated carbocycles. The summed E-state index contributed by atoms with van der Waals surface area (Å²) in [6, 6.07) is 0.214. The van der Waals surface area contributed by atoms with Gasteiger partial charge in [0.1, 0.15) is 0 Å². The molecule has 0 saturated heterocycles. The first-order valence-corrected chi connectivity index (χ1v) is 9.02. The van der Waals surface area contributed by atoms with Crippen molar-refractivity contribution in [2.75, 3.05) is 0 Å². The Morgan fingerprint density at radius 2 is 1.64 bits per heavy atom. The number of hydrogen-bond donors (Lipinski definition) is 3. The van der Waals surface area contributed by atoms with Gasteiger partial charge in [0.2, 0.25) is 0 Å². The molecule has 0 aliphatic heterocycles. The lowest BCUT2D eigenvalue weighted by atomic mass is 9.85. The Balaban J connectivity index is 1.71. The highest BCUT2D eigenvalue weighted by Gasteiger charge is 2.29. The molecule has 0 unspecified atom stereocenters. The van der Waals surface area contributed by atoms with Crippen molar-refractivity contribution >= 4 is 11.9 Å². The molecule has 22 heavy (non-hydrogen) atoms. The molecule has 0 heterocycles. The van der Waals surface area contributed by atoms with Crippen LogP contribution < -0.4 is 16.0 Å². The van der Waals surface area contributed by atoms with Gasteiger partial charge in [-0.15, -0.1) is 0 Å². The lowest BCUT2D eigenvalue weighted by molar-refractivity contribution is -0.714. The summed E-state index contributed by atoms with van der Waals surface area (Å²) >= 11 is 0. The highest BCUT2D eigenvalue weighted by molar-refractivity contribution is 5.96. The van der Waals surface area contributed by atoms with E-state index in [1.54, 1.807) is 0 Å². The van der Waals surface area contributed by atoms with Crippen LogP contribution in [0.5, 0.6) is 0 Å². The summed E-state index contributed by atoms with van der Waals surface area (Å²) in [5, 5.41) is 7.59. The van der Waals surface area contributed by atoms with Gasteiger partial charge in [0.25, 0.3) is 5.91 Å². The summed E-state index contributed by atoms with van der Waals surface area (Å²) in [6.07, 6.45) is 10.6. The van der Waals surface area contributed by atoms with E-state index in [0.29, 0.717) is 12.0 Å². The molecule has 3 atom stereocenters. The summed E-state index contributed by atoms with van der Waals surface area (Å²) < 4.78 is 0. The zero-order chi connectivity index (χ0) is 15.9. The van der Waals surface area contributed by atoms with Gasteiger partial charge in [-0.25, -0.2) is 4.79 Å². The Morgan fingerprint density at radius 3 is 2.32 bits per heavy atom. The molecule has 4 N–H and O–H groups in total. The third kappa shape index (κ3) is 5.27. The summed E-state index contributed by atoms with van der Waals surface area (Å²) in [5.41, 5.74) is 0. The van der Waals surface area contributed by atoms with Crippen molar-refractivity contribution < 1.29 is 14.9 Å². The van der Waals surface area contributed by atoms with Crippen molar-refractivity contribution in [2.24, 2.45) is 5.92 Å². The van der Waals surface area contributed by atoms with Crippen LogP contribution in [0.2, 0.25) is 0 Å². The van der Waals surface area contributed by atoms with Gasteiger partial charge in [-0.2, -0.15) is 0 Å². The molecule has 2 aliphatic carbocycles. The van der Waals surface area contributed by atoms with Gasteiger partial charge in [0, 0.05) is 12.0 Å². The Morgan fingerprint density at radius 1 is 1.00 bits per heavy atom. The lowest BCUT2D eigenvalue weighted by Crippen LogP contribution is -2.98. The first-order chi connectivity index (χ1) is 10.6. The number of nitrogens with two attached hydrogens (primary N) is 1. The van der Waals surface area contributed by atoms with Gasteiger partial charge in [-0.05, 0) is 39.0 Å².